The minimum atomic E-state index is -1.85. The summed E-state index contributed by atoms with van der Waals surface area (Å²) in [6.07, 6.45) is 27.6. The van der Waals surface area contributed by atoms with E-state index in [1.54, 1.807) is 123 Å². The van der Waals surface area contributed by atoms with Crippen molar-refractivity contribution in [2.24, 2.45) is 0 Å². The molecule has 3 aliphatic heterocycles. The Morgan fingerprint density at radius 1 is 0.513 bits per heavy atom. The molecule has 622 valence electrons. The van der Waals surface area contributed by atoms with Gasteiger partial charge in [0, 0.05) is 49.6 Å². The SMILES string of the molecule is C.C1CCNCC1.C=Cc1nccc(COc2ccccc2)n1.C=[CH][Sn]([CH2]CCC)([CH2]CCC)[CH2]CCC.Cc1ccnc(Cl)n1.ClCc1ccnc(Cl)n1.Clc1nccc(COc2ccccc2)n1.O=C(OC1(c2ccccc2)OO1)c1ccccc1.Oc1ccccc1.c1ccc(OCc2ccnc(CCN3CCCCC3)n2)cc1. The predicted octanol–water partition coefficient (Wildman–Crippen LogP) is 22.8. The van der Waals surface area contributed by atoms with Crippen LogP contribution in [-0.2, 0) is 52.6 Å². The molecule has 6 aromatic carbocycles. The van der Waals surface area contributed by atoms with Crippen molar-refractivity contribution in [3.63, 3.8) is 0 Å². The van der Waals surface area contributed by atoms with E-state index >= 15 is 0 Å². The van der Waals surface area contributed by atoms with E-state index < -0.39 is 30.3 Å². The van der Waals surface area contributed by atoms with Crippen LogP contribution in [0, 0.1) is 6.92 Å². The number of aromatic nitrogens is 10. The fourth-order valence-electron chi connectivity index (χ4n) is 11.1. The molecule has 0 atom stereocenters. The molecule has 0 radical (unpaired) electrons. The molecule has 3 aliphatic rings. The second-order valence-electron chi connectivity index (χ2n) is 26.6. The summed E-state index contributed by atoms with van der Waals surface area (Å²) >= 11 is 20.1. The minimum Gasteiger partial charge on any atom is -0.508 e. The zero-order valence-corrected chi connectivity index (χ0v) is 73.0. The maximum absolute atomic E-state index is 11.9. The van der Waals surface area contributed by atoms with Crippen molar-refractivity contribution in [2.75, 3.05) is 32.7 Å². The molecule has 3 fully saturated rings. The van der Waals surface area contributed by atoms with Gasteiger partial charge in [0.15, 0.2) is 5.82 Å². The fourth-order valence-corrected chi connectivity index (χ4v) is 24.7. The molecule has 0 spiro atoms. The molecule has 117 heavy (non-hydrogen) atoms. The van der Waals surface area contributed by atoms with Gasteiger partial charge in [-0.2, -0.15) is 0 Å². The van der Waals surface area contributed by atoms with Crippen molar-refractivity contribution >= 4 is 76.8 Å². The van der Waals surface area contributed by atoms with E-state index in [1.165, 1.54) is 103 Å². The molecule has 0 amide bonds. The third-order valence-corrected chi connectivity index (χ3v) is 32.4. The number of rotatable bonds is 27. The molecule has 0 unspecified atom stereocenters. The summed E-state index contributed by atoms with van der Waals surface area (Å²) in [6, 6.07) is 64.5. The van der Waals surface area contributed by atoms with Crippen molar-refractivity contribution < 1.29 is 38.6 Å². The van der Waals surface area contributed by atoms with Gasteiger partial charge < -0.3 is 34.3 Å². The Kier molecular flexibility index (Phi) is 50.5. The number of halogens is 4. The number of benzene rings is 6. The number of aryl methyl sites for hydroxylation is 1. The third kappa shape index (κ3) is 43.1. The van der Waals surface area contributed by atoms with Crippen LogP contribution < -0.4 is 19.5 Å². The summed E-state index contributed by atoms with van der Waals surface area (Å²) < 4.78 is 29.2. The van der Waals surface area contributed by atoms with E-state index in [0.717, 1.165) is 64.5 Å². The van der Waals surface area contributed by atoms with Crippen LogP contribution in [0.25, 0.3) is 6.08 Å². The molecule has 11 aromatic rings. The summed E-state index contributed by atoms with van der Waals surface area (Å²) in [7, 11) is 0. The second kappa shape index (κ2) is 60.2. The van der Waals surface area contributed by atoms with Crippen molar-refractivity contribution in [1.82, 2.24) is 60.1 Å². The molecule has 5 aromatic heterocycles. The second-order valence-corrected chi connectivity index (χ2v) is 41.1. The first-order valence-corrected chi connectivity index (χ1v) is 48.8. The van der Waals surface area contributed by atoms with Gasteiger partial charge >= 0.3 is 114 Å². The first-order valence-electron chi connectivity index (χ1n) is 39.4. The number of piperidine rings is 2. The van der Waals surface area contributed by atoms with Gasteiger partial charge in [-0.15, -0.1) is 21.4 Å². The van der Waals surface area contributed by atoms with Crippen LogP contribution in [0.3, 0.4) is 0 Å². The standard InChI is InChI=1S/C18H23N3O.C14H10O4.C13H12N2O.C11H9ClN2O.C6H6O.C5H4Cl2N2.C5H5ClN2.C5H11N.3C4H9.C2H3.CH4.Sn/c1-3-7-17(8-4-1)22-15-16-9-11-19-18(20-16)10-14-21-12-5-2-6-13-21;15-13(11-7-3-1-4-8-11)16-14(17-18-14)12-9-5-2-6-10-12;1-2-13-14-9-8-11(15-13)10-16-12-6-4-3-5-7-12;12-11-13-7-6-9(14-11)8-15-10-4-2-1-3-5-10;7-6-4-2-1-3-5-6;6-3-4-1-2-8-5(7)9-4;1-4-2-3-7-5(6)8-4;1-2-4-6-5-3-1;3*1-3-4-2;1-2;;/h1,3-4,7-9,11H,2,5-6,10,12-15H2;1-10H;2-9H,1,10H2;1-7H,8H2;1-5,7H;1-2H,3H2;2-3H,1H3;6H,1-5H2;3*1,3-4H2,2H3;1H,2H2;1H4;. The maximum Gasteiger partial charge on any atom is 0.412 e. The van der Waals surface area contributed by atoms with E-state index in [4.69, 9.17) is 80.2 Å². The molecule has 2 N–H and O–H groups in total. The number of carbonyl (C=O) groups excluding carboxylic acids is 1. The number of hydrogen-bond acceptors (Lipinski definition) is 20. The molecule has 3 saturated heterocycles. The average molecular weight is 1780 g/mol. The number of esters is 1. The smallest absolute Gasteiger partial charge is 0.412 e. The maximum atomic E-state index is 11.9. The van der Waals surface area contributed by atoms with Crippen molar-refractivity contribution in [3.05, 3.63) is 328 Å². The molecule has 20 nitrogen and oxygen atoms in total. The Labute approximate surface area is 717 Å². The fraction of sp³-hybridized carbons (Fsp3) is 0.337. The van der Waals surface area contributed by atoms with Crippen LogP contribution in [0.5, 0.6) is 23.0 Å². The first-order chi connectivity index (χ1) is 56.7. The third-order valence-electron chi connectivity index (χ3n) is 17.5. The summed E-state index contributed by atoms with van der Waals surface area (Å²) in [5.74, 6) is 2.88. The number of nitrogens with zero attached hydrogens (tertiary/aromatic N) is 11. The quantitative estimate of drug-likeness (QED) is 0.0121. The Morgan fingerprint density at radius 2 is 0.923 bits per heavy atom. The predicted molar refractivity (Wildman–Crippen MR) is 475 cm³/mol. The Morgan fingerprint density at radius 3 is 1.31 bits per heavy atom. The number of nitrogens with one attached hydrogen (secondary N) is 1. The summed E-state index contributed by atoms with van der Waals surface area (Å²) in [6.45, 7) is 24.0. The number of ether oxygens (including phenoxy) is 4. The van der Waals surface area contributed by atoms with Gasteiger partial charge in [0.25, 0.3) is 0 Å². The van der Waals surface area contributed by atoms with Gasteiger partial charge in [0.1, 0.15) is 48.6 Å². The topological polar surface area (TPSA) is 243 Å². The number of phenolic OH excluding ortho intramolecular Hbond substituents is 1. The van der Waals surface area contributed by atoms with Crippen LogP contribution in [0.15, 0.2) is 261 Å². The molecular formula is C92H114Cl4N12O8Sn. The van der Waals surface area contributed by atoms with Crippen LogP contribution in [0.4, 0.5) is 0 Å². The molecular weight excluding hydrogens is 1660 g/mol. The Balaban J connectivity index is 0.000000240. The van der Waals surface area contributed by atoms with Gasteiger partial charge in [-0.25, -0.2) is 54.6 Å². The van der Waals surface area contributed by atoms with Gasteiger partial charge in [-0.3, -0.25) is 0 Å². The van der Waals surface area contributed by atoms with Crippen LogP contribution in [-0.4, -0.2) is 117 Å². The van der Waals surface area contributed by atoms with E-state index in [-0.39, 0.29) is 18.0 Å². The van der Waals surface area contributed by atoms with Crippen LogP contribution in [0.1, 0.15) is 161 Å². The molecule has 0 bridgehead atoms. The zero-order chi connectivity index (χ0) is 82.8. The summed E-state index contributed by atoms with van der Waals surface area (Å²) in [5.41, 5.74) is 5.28. The molecule has 14 rings (SSSR count). The van der Waals surface area contributed by atoms with Crippen molar-refractivity contribution in [1.29, 1.82) is 0 Å². The van der Waals surface area contributed by atoms with Gasteiger partial charge in [0.05, 0.1) is 39.8 Å². The molecule has 0 saturated carbocycles. The zero-order valence-electron chi connectivity index (χ0n) is 67.1. The number of alkyl halides is 1. The van der Waals surface area contributed by atoms with Crippen molar-refractivity contribution in [3.8, 4) is 23.0 Å². The Hall–Kier alpha value is -9.33. The minimum absolute atomic E-state index is 0. The van der Waals surface area contributed by atoms with Gasteiger partial charge in [-0.05, 0) is 203 Å². The number of likely N-dealkylation sites (tertiary alicyclic amines) is 1. The molecule has 0 aliphatic carbocycles. The molecule has 8 heterocycles. The van der Waals surface area contributed by atoms with Crippen LogP contribution >= 0.6 is 46.4 Å². The van der Waals surface area contributed by atoms with Gasteiger partial charge in [0.2, 0.25) is 15.9 Å². The number of hydrogen-bond donors (Lipinski definition) is 2. The Bertz CT molecular complexity index is 4360. The molecule has 25 heteroatoms. The van der Waals surface area contributed by atoms with E-state index in [2.05, 4.69) is 98.1 Å². The van der Waals surface area contributed by atoms with Gasteiger partial charge in [-0.1, -0.05) is 136 Å². The first kappa shape index (κ1) is 98.2. The number of aromatic hydroxyl groups is 1. The monoisotopic (exact) mass is 1770 g/mol. The largest absolute Gasteiger partial charge is 0.508 e. The van der Waals surface area contributed by atoms with E-state index in [0.29, 0.717) is 53.7 Å². The number of carbonyl (C=O) groups is 1. The normalized spacial score (nSPS) is 12.6. The van der Waals surface area contributed by atoms with E-state index in [1.807, 2.05) is 147 Å². The number of phenols is 1. The van der Waals surface area contributed by atoms with Crippen LogP contribution in [0.2, 0.25) is 29.2 Å². The average Bonchev–Trinajstić information content (AvgIpc) is 1.61. The van der Waals surface area contributed by atoms with Crippen molar-refractivity contribution in [2.45, 2.75) is 164 Å². The number of para-hydroxylation sites is 4. The van der Waals surface area contributed by atoms with E-state index in [9.17, 15) is 4.79 Å². The summed E-state index contributed by atoms with van der Waals surface area (Å²) in [4.78, 5) is 64.2. The summed E-state index contributed by atoms with van der Waals surface area (Å²) in [5, 5.41) is 12.7. The number of unbranched alkanes of at least 4 members (excludes halogenated alkanes) is 3.